The van der Waals surface area contributed by atoms with Gasteiger partial charge in [0.05, 0.1) is 15.5 Å². The highest BCUT2D eigenvalue weighted by Crippen LogP contribution is 2.15. The number of amides is 3. The van der Waals surface area contributed by atoms with Gasteiger partial charge in [0.1, 0.15) is 6.04 Å². The zero-order chi connectivity index (χ0) is 22.1. The predicted molar refractivity (Wildman–Crippen MR) is 114 cm³/mol. The number of nitrogens with zero attached hydrogens (tertiary/aromatic N) is 1. The molecular weight excluding hydrogens is 432 g/mol. The summed E-state index contributed by atoms with van der Waals surface area (Å²) in [5.74, 6) is -1.30. The Morgan fingerprint density at radius 1 is 1.10 bits per heavy atom. The first kappa shape index (κ1) is 23.2. The number of thioether (sulfide) groups is 1. The number of nitro benzene ring substituents is 1. The van der Waals surface area contributed by atoms with E-state index in [1.54, 1.807) is 18.2 Å². The molecule has 1 atom stereocenters. The van der Waals surface area contributed by atoms with Gasteiger partial charge in [0.25, 0.3) is 23.4 Å². The number of benzene rings is 2. The minimum Gasteiger partial charge on any atom is -0.340 e. The van der Waals surface area contributed by atoms with Crippen LogP contribution in [0, 0.1) is 10.1 Å². The number of carbonyl (C=O) groups is 3. The monoisotopic (exact) mass is 450 g/mol. The highest BCUT2D eigenvalue weighted by Gasteiger charge is 2.23. The summed E-state index contributed by atoms with van der Waals surface area (Å²) >= 11 is 7.51. The molecule has 3 N–H and O–H groups in total. The van der Waals surface area contributed by atoms with Gasteiger partial charge in [-0.1, -0.05) is 29.8 Å². The molecule has 0 aliphatic heterocycles. The Balaban J connectivity index is 2.03. The van der Waals surface area contributed by atoms with Crippen molar-refractivity contribution < 1.29 is 19.3 Å². The molecule has 0 aromatic heterocycles. The summed E-state index contributed by atoms with van der Waals surface area (Å²) in [5, 5.41) is 13.7. The normalized spacial score (nSPS) is 11.3. The first-order chi connectivity index (χ1) is 14.3. The van der Waals surface area contributed by atoms with Crippen molar-refractivity contribution >= 4 is 46.8 Å². The van der Waals surface area contributed by atoms with Crippen LogP contribution in [0.5, 0.6) is 0 Å². The molecule has 0 heterocycles. The van der Waals surface area contributed by atoms with Crippen LogP contribution < -0.4 is 16.2 Å². The molecule has 0 spiro atoms. The lowest BCUT2D eigenvalue weighted by Gasteiger charge is -2.19. The van der Waals surface area contributed by atoms with Crippen molar-refractivity contribution in [3.8, 4) is 0 Å². The average molecular weight is 451 g/mol. The lowest BCUT2D eigenvalue weighted by Crippen LogP contribution is -2.52. The Hall–Kier alpha value is -3.11. The van der Waals surface area contributed by atoms with Gasteiger partial charge in [0.15, 0.2) is 0 Å². The Morgan fingerprint density at radius 3 is 2.50 bits per heavy atom. The smallest absolute Gasteiger partial charge is 0.270 e. The lowest BCUT2D eigenvalue weighted by molar-refractivity contribution is -0.384. The zero-order valence-corrected chi connectivity index (χ0v) is 17.5. The van der Waals surface area contributed by atoms with Crippen molar-refractivity contribution in [2.45, 2.75) is 12.5 Å². The fourth-order valence-corrected chi connectivity index (χ4v) is 3.12. The molecule has 0 bridgehead atoms. The second-order valence-electron chi connectivity index (χ2n) is 6.04. The fraction of sp³-hybridized carbons (Fsp3) is 0.211. The number of non-ortho nitro benzene ring substituents is 1. The molecule has 9 nitrogen and oxygen atoms in total. The number of hydrogen-bond donors (Lipinski definition) is 3. The van der Waals surface area contributed by atoms with E-state index in [0.29, 0.717) is 12.2 Å². The standard InChI is InChI=1S/C19H19ClN4O5S/c1-30-10-9-16(21-18(26)14-7-2-3-8-15(14)20)19(27)23-22-17(25)12-5-4-6-13(11-12)24(28)29/h2-8,11,16H,9-10H2,1H3,(H,21,26)(H,22,25)(H,23,27)/t16-/m0/s1. The molecular formula is C19H19ClN4O5S. The number of nitro groups is 1. The molecule has 0 radical (unpaired) electrons. The third-order valence-electron chi connectivity index (χ3n) is 3.97. The first-order valence-corrected chi connectivity index (χ1v) is 10.5. The van der Waals surface area contributed by atoms with Crippen LogP contribution in [0.2, 0.25) is 5.02 Å². The number of carbonyl (C=O) groups excluding carboxylic acids is 3. The van der Waals surface area contributed by atoms with Gasteiger partial charge in [0.2, 0.25) is 0 Å². The molecule has 11 heteroatoms. The first-order valence-electron chi connectivity index (χ1n) is 8.72. The molecule has 2 aromatic carbocycles. The lowest BCUT2D eigenvalue weighted by atomic mass is 10.1. The maximum atomic E-state index is 12.5. The van der Waals surface area contributed by atoms with Gasteiger partial charge in [-0.2, -0.15) is 11.8 Å². The Bertz CT molecular complexity index is 956. The molecule has 0 aliphatic carbocycles. The second-order valence-corrected chi connectivity index (χ2v) is 7.43. The second kappa shape index (κ2) is 11.2. The quantitative estimate of drug-likeness (QED) is 0.418. The molecule has 0 saturated heterocycles. The number of hydrazine groups is 1. The van der Waals surface area contributed by atoms with Gasteiger partial charge in [-0.25, -0.2) is 0 Å². The summed E-state index contributed by atoms with van der Waals surface area (Å²) in [6, 6.07) is 10.6. The van der Waals surface area contributed by atoms with Crippen molar-refractivity contribution in [2.75, 3.05) is 12.0 Å². The van der Waals surface area contributed by atoms with E-state index in [9.17, 15) is 24.5 Å². The van der Waals surface area contributed by atoms with Crippen LogP contribution in [-0.2, 0) is 4.79 Å². The predicted octanol–water partition coefficient (Wildman–Crippen LogP) is 2.56. The Kier molecular flexibility index (Phi) is 8.63. The zero-order valence-electron chi connectivity index (χ0n) is 15.9. The van der Waals surface area contributed by atoms with E-state index in [4.69, 9.17) is 11.6 Å². The summed E-state index contributed by atoms with van der Waals surface area (Å²) in [6.07, 6.45) is 2.17. The van der Waals surface area contributed by atoms with E-state index in [0.717, 1.165) is 6.07 Å². The van der Waals surface area contributed by atoms with Gasteiger partial charge >= 0.3 is 0 Å². The van der Waals surface area contributed by atoms with Gasteiger partial charge in [0, 0.05) is 17.7 Å². The number of rotatable bonds is 8. The molecule has 158 valence electrons. The van der Waals surface area contributed by atoms with Crippen LogP contribution in [0.1, 0.15) is 27.1 Å². The summed E-state index contributed by atoms with van der Waals surface area (Å²) in [4.78, 5) is 47.4. The fourth-order valence-electron chi connectivity index (χ4n) is 2.42. The largest absolute Gasteiger partial charge is 0.340 e. The molecule has 2 aromatic rings. The van der Waals surface area contributed by atoms with E-state index in [2.05, 4.69) is 16.2 Å². The molecule has 0 fully saturated rings. The summed E-state index contributed by atoms with van der Waals surface area (Å²) in [6.45, 7) is 0. The van der Waals surface area contributed by atoms with Crippen LogP contribution in [0.3, 0.4) is 0 Å². The number of halogens is 1. The average Bonchev–Trinajstić information content (AvgIpc) is 2.74. The van der Waals surface area contributed by atoms with Crippen LogP contribution in [0.25, 0.3) is 0 Å². The molecule has 2 rings (SSSR count). The van der Waals surface area contributed by atoms with Crippen molar-refractivity contribution in [2.24, 2.45) is 0 Å². The molecule has 3 amide bonds. The van der Waals surface area contributed by atoms with Crippen molar-refractivity contribution in [3.05, 3.63) is 74.8 Å². The minimum atomic E-state index is -0.924. The molecule has 0 unspecified atom stereocenters. The van der Waals surface area contributed by atoms with Gasteiger partial charge in [-0.3, -0.25) is 35.3 Å². The van der Waals surface area contributed by atoms with Gasteiger partial charge < -0.3 is 5.32 Å². The van der Waals surface area contributed by atoms with Gasteiger partial charge in [-0.15, -0.1) is 0 Å². The van der Waals surface area contributed by atoms with E-state index in [1.807, 2.05) is 6.26 Å². The highest BCUT2D eigenvalue weighted by molar-refractivity contribution is 7.98. The van der Waals surface area contributed by atoms with E-state index in [-0.39, 0.29) is 21.8 Å². The highest BCUT2D eigenvalue weighted by atomic mass is 35.5. The minimum absolute atomic E-state index is 0.00488. The number of nitrogens with one attached hydrogen (secondary N) is 3. The van der Waals surface area contributed by atoms with E-state index >= 15 is 0 Å². The summed E-state index contributed by atoms with van der Waals surface area (Å²) in [7, 11) is 0. The van der Waals surface area contributed by atoms with Crippen LogP contribution in [0.4, 0.5) is 5.69 Å². The SMILES string of the molecule is CSCC[C@H](NC(=O)c1ccccc1Cl)C(=O)NNC(=O)c1cccc([N+](=O)[O-])c1. The van der Waals surface area contributed by atoms with E-state index in [1.165, 1.54) is 36.0 Å². The van der Waals surface area contributed by atoms with Crippen LogP contribution in [0.15, 0.2) is 48.5 Å². The summed E-state index contributed by atoms with van der Waals surface area (Å²) in [5.41, 5.74) is 4.42. The van der Waals surface area contributed by atoms with Crippen LogP contribution >= 0.6 is 23.4 Å². The molecule has 0 saturated carbocycles. The summed E-state index contributed by atoms with van der Waals surface area (Å²) < 4.78 is 0. The molecule has 0 aliphatic rings. The van der Waals surface area contributed by atoms with E-state index < -0.39 is 28.7 Å². The van der Waals surface area contributed by atoms with Crippen LogP contribution in [-0.4, -0.2) is 40.7 Å². The van der Waals surface area contributed by atoms with Crippen molar-refractivity contribution in [1.82, 2.24) is 16.2 Å². The topological polar surface area (TPSA) is 130 Å². The Morgan fingerprint density at radius 2 is 1.83 bits per heavy atom. The third kappa shape index (κ3) is 6.46. The van der Waals surface area contributed by atoms with Gasteiger partial charge in [-0.05, 0) is 36.6 Å². The third-order valence-corrected chi connectivity index (χ3v) is 4.94. The number of hydrogen-bond acceptors (Lipinski definition) is 6. The molecule has 30 heavy (non-hydrogen) atoms. The maximum Gasteiger partial charge on any atom is 0.270 e. The maximum absolute atomic E-state index is 12.5. The van der Waals surface area contributed by atoms with Crippen molar-refractivity contribution in [1.29, 1.82) is 0 Å². The Labute approximate surface area is 181 Å². The van der Waals surface area contributed by atoms with Crippen molar-refractivity contribution in [3.63, 3.8) is 0 Å².